The second-order valence-corrected chi connectivity index (χ2v) is 15.6. The number of nitrogens with zero attached hydrogens (tertiary/aromatic N) is 3. The van der Waals surface area contributed by atoms with Crippen molar-refractivity contribution >= 4 is 23.8 Å². The molecule has 4 heterocycles. The number of aryl methyl sites for hydroxylation is 2. The number of hydrogen-bond donors (Lipinski definition) is 2. The molecule has 2 bridgehead atoms. The zero-order valence-corrected chi connectivity index (χ0v) is 34.1. The van der Waals surface area contributed by atoms with E-state index in [1.807, 2.05) is 58.2 Å². The molecule has 58 heavy (non-hydrogen) atoms. The third kappa shape index (κ3) is 7.33. The summed E-state index contributed by atoms with van der Waals surface area (Å²) in [4.78, 5) is 57.0. The summed E-state index contributed by atoms with van der Waals surface area (Å²) in [6, 6.07) is 11.0. The fourth-order valence-electron chi connectivity index (χ4n) is 9.39. The highest BCUT2D eigenvalue weighted by molar-refractivity contribution is 5.87. The molecule has 4 aliphatic rings. The molecule has 306 valence electrons. The summed E-state index contributed by atoms with van der Waals surface area (Å²) in [5, 5.41) is 17.0. The third-order valence-electron chi connectivity index (χ3n) is 11.9. The Kier molecular flexibility index (Phi) is 11.7. The van der Waals surface area contributed by atoms with Crippen LogP contribution in [0.25, 0.3) is 0 Å². The van der Waals surface area contributed by atoms with Gasteiger partial charge >= 0.3 is 11.9 Å². The Hall–Kier alpha value is -5.65. The predicted octanol–water partition coefficient (Wildman–Crippen LogP) is 4.70. The third-order valence-corrected chi connectivity index (χ3v) is 11.9. The second-order valence-electron chi connectivity index (χ2n) is 15.6. The monoisotopic (exact) mass is 793 g/mol. The van der Waals surface area contributed by atoms with Gasteiger partial charge in [0.15, 0.2) is 23.0 Å². The van der Waals surface area contributed by atoms with Gasteiger partial charge in [0.1, 0.15) is 17.8 Å². The largest absolute Gasteiger partial charge is 0.493 e. The number of nitriles is 1. The van der Waals surface area contributed by atoms with E-state index in [2.05, 4.69) is 32.6 Å². The zero-order chi connectivity index (χ0) is 41.4. The smallest absolute Gasteiger partial charge is 0.311 e. The first kappa shape index (κ1) is 40.5. The lowest BCUT2D eigenvalue weighted by atomic mass is 9.71. The van der Waals surface area contributed by atoms with Crippen LogP contribution in [0.4, 0.5) is 0 Å². The van der Waals surface area contributed by atoms with Crippen molar-refractivity contribution in [1.29, 1.82) is 5.26 Å². The average Bonchev–Trinajstić information content (AvgIpc) is 3.69. The maximum atomic E-state index is 13.8. The molecule has 7 rings (SSSR count). The highest BCUT2D eigenvalue weighted by Gasteiger charge is 2.57. The molecule has 3 aromatic carbocycles. The minimum absolute atomic E-state index is 0.0225. The first-order valence-corrected chi connectivity index (χ1v) is 19.9. The number of nitrogens with one attached hydrogen (secondary N) is 2. The quantitative estimate of drug-likeness (QED) is 0.192. The van der Waals surface area contributed by atoms with Crippen LogP contribution in [0.2, 0.25) is 0 Å². The van der Waals surface area contributed by atoms with Gasteiger partial charge in [-0.15, -0.1) is 0 Å². The van der Waals surface area contributed by atoms with E-state index in [4.69, 9.17) is 23.7 Å². The van der Waals surface area contributed by atoms with Crippen LogP contribution < -0.4 is 34.3 Å². The topological polar surface area (TPSA) is 169 Å². The fraction of sp³-hybridized carbons (Fsp3) is 0.477. The van der Waals surface area contributed by atoms with Crippen molar-refractivity contribution in [3.8, 4) is 34.8 Å². The molecule has 2 unspecified atom stereocenters. The van der Waals surface area contributed by atoms with Gasteiger partial charge in [-0.25, -0.2) is 0 Å². The van der Waals surface area contributed by atoms with Gasteiger partial charge in [-0.1, -0.05) is 43.3 Å². The molecule has 3 aromatic rings. The molecule has 2 N–H and O–H groups in total. The lowest BCUT2D eigenvalue weighted by Gasteiger charge is -2.60. The van der Waals surface area contributed by atoms with Gasteiger partial charge in [-0.2, -0.15) is 5.26 Å². The normalized spacial score (nSPS) is 22.0. The van der Waals surface area contributed by atoms with Crippen molar-refractivity contribution in [3.05, 3.63) is 75.3 Å². The fourth-order valence-corrected chi connectivity index (χ4v) is 9.39. The molecule has 0 spiro atoms. The molecule has 14 nitrogen and oxygen atoms in total. The van der Waals surface area contributed by atoms with Crippen molar-refractivity contribution in [2.75, 3.05) is 27.5 Å². The van der Waals surface area contributed by atoms with E-state index >= 15 is 0 Å². The second kappa shape index (κ2) is 16.7. The number of likely N-dealkylation sites (N-methyl/N-ethyl adjacent to an activating group) is 1. The number of amides is 2. The first-order chi connectivity index (χ1) is 27.9. The maximum Gasteiger partial charge on any atom is 0.311 e. The van der Waals surface area contributed by atoms with Crippen LogP contribution in [-0.2, 0) is 38.4 Å². The summed E-state index contributed by atoms with van der Waals surface area (Å²) in [5.41, 5.74) is 5.53. The molecule has 2 amide bonds. The molecular weight excluding hydrogens is 743 g/mol. The van der Waals surface area contributed by atoms with E-state index in [1.54, 1.807) is 14.0 Å². The van der Waals surface area contributed by atoms with Gasteiger partial charge in [-0.05, 0) is 70.2 Å². The van der Waals surface area contributed by atoms with Crippen molar-refractivity contribution < 1.29 is 42.9 Å². The molecule has 14 heteroatoms. The zero-order valence-electron chi connectivity index (χ0n) is 34.1. The number of carbonyl (C=O) groups excluding carboxylic acids is 4. The number of hydrogen-bond acceptors (Lipinski definition) is 12. The first-order valence-electron chi connectivity index (χ1n) is 19.9. The summed E-state index contributed by atoms with van der Waals surface area (Å²) in [6.07, 6.45) is 2.38. The van der Waals surface area contributed by atoms with E-state index in [9.17, 15) is 24.4 Å². The van der Waals surface area contributed by atoms with Crippen LogP contribution in [0.3, 0.4) is 0 Å². The van der Waals surface area contributed by atoms with Crippen LogP contribution >= 0.6 is 0 Å². The molecule has 0 radical (unpaired) electrons. The van der Waals surface area contributed by atoms with Gasteiger partial charge in [-0.3, -0.25) is 29.0 Å². The SMILES string of the molecule is CCCC(=O)Oc1c(OC)c(C)cc2c1[C@H]1C3Cc4c(OC(C)=O)c(C)c5c(c4[C@H](CNC(=O)C(C)NC(=O)CCc4ccccc4)N3[C@@H](C#N)[C@H](C2)N1C)OCO5. The Bertz CT molecular complexity index is 2170. The van der Waals surface area contributed by atoms with Crippen LogP contribution in [0.1, 0.15) is 91.1 Å². The summed E-state index contributed by atoms with van der Waals surface area (Å²) in [7, 11) is 3.54. The Morgan fingerprint density at radius 1 is 0.983 bits per heavy atom. The highest BCUT2D eigenvalue weighted by Crippen LogP contribution is 2.58. The van der Waals surface area contributed by atoms with Gasteiger partial charge in [0.05, 0.1) is 25.3 Å². The number of benzene rings is 3. The van der Waals surface area contributed by atoms with Crippen LogP contribution in [0.15, 0.2) is 36.4 Å². The van der Waals surface area contributed by atoms with Crippen LogP contribution in [0.5, 0.6) is 28.7 Å². The van der Waals surface area contributed by atoms with Crippen molar-refractivity contribution in [1.82, 2.24) is 20.4 Å². The Morgan fingerprint density at radius 2 is 1.72 bits per heavy atom. The van der Waals surface area contributed by atoms with Crippen molar-refractivity contribution in [2.45, 2.75) is 109 Å². The summed E-state index contributed by atoms with van der Waals surface area (Å²) >= 11 is 0. The van der Waals surface area contributed by atoms with Crippen molar-refractivity contribution in [3.63, 3.8) is 0 Å². The molecule has 0 aliphatic carbocycles. The molecule has 0 aromatic heterocycles. The predicted molar refractivity (Wildman–Crippen MR) is 212 cm³/mol. The van der Waals surface area contributed by atoms with E-state index < -0.39 is 42.1 Å². The van der Waals surface area contributed by atoms with Crippen LogP contribution in [0, 0.1) is 25.2 Å². The minimum Gasteiger partial charge on any atom is -0.493 e. The molecule has 4 aliphatic heterocycles. The number of methoxy groups -OCH3 is 1. The van der Waals surface area contributed by atoms with Crippen LogP contribution in [-0.4, -0.2) is 85.2 Å². The highest BCUT2D eigenvalue weighted by atomic mass is 16.7. The van der Waals surface area contributed by atoms with Gasteiger partial charge in [0.2, 0.25) is 18.6 Å². The Morgan fingerprint density at radius 3 is 2.41 bits per heavy atom. The van der Waals surface area contributed by atoms with E-state index in [-0.39, 0.29) is 44.1 Å². The van der Waals surface area contributed by atoms with Gasteiger partial charge in [0.25, 0.3) is 0 Å². The summed E-state index contributed by atoms with van der Waals surface area (Å²) in [5.74, 6) is 0.506. The molecule has 1 fully saturated rings. The maximum absolute atomic E-state index is 13.8. The minimum atomic E-state index is -0.858. The van der Waals surface area contributed by atoms with E-state index in [1.165, 1.54) is 6.92 Å². The lowest BCUT2D eigenvalue weighted by molar-refractivity contribution is -0.135. The summed E-state index contributed by atoms with van der Waals surface area (Å²) < 4.78 is 30.2. The number of piperazine rings is 1. The summed E-state index contributed by atoms with van der Waals surface area (Å²) in [6.45, 7) is 8.58. The van der Waals surface area contributed by atoms with Gasteiger partial charge in [0, 0.05) is 60.6 Å². The Balaban J connectivity index is 1.31. The number of carbonyl (C=O) groups is 4. The van der Waals surface area contributed by atoms with Crippen molar-refractivity contribution in [2.24, 2.45) is 0 Å². The lowest BCUT2D eigenvalue weighted by Crippen LogP contribution is -2.69. The molecule has 6 atom stereocenters. The average molecular weight is 794 g/mol. The molecule has 0 saturated carbocycles. The standard InChI is InChI=1S/C44H51N5O9/c1-8-12-35(52)58-43-36-28(17-23(2)39(43)54-7)18-30-32(20-45)49-31(38(36)48(30)6)19-29-37(42-41(55-22-56-42)24(3)40(29)57-26(5)50)33(49)21-46-44(53)25(4)47-34(51)16-15-27-13-10-9-11-14-27/h9-11,13-14,17,25,30-33,38H,8,12,15-16,18-19,21-22H2,1-7H3,(H,46,53)(H,47,51)/t25?,30-,31?,32-,33-,38+/m0/s1. The Labute approximate surface area is 338 Å². The number of ether oxygens (including phenoxy) is 5. The molecular formula is C44H51N5O9. The molecule has 1 saturated heterocycles. The van der Waals surface area contributed by atoms with E-state index in [0.717, 1.165) is 22.3 Å². The number of esters is 2. The van der Waals surface area contributed by atoms with E-state index in [0.29, 0.717) is 71.1 Å². The van der Waals surface area contributed by atoms with Gasteiger partial charge < -0.3 is 34.3 Å². The number of fused-ring (bicyclic) bond motifs is 9. The number of rotatable bonds is 12.